The lowest BCUT2D eigenvalue weighted by atomic mass is 9.35. The molecule has 8 heteroatoms. The van der Waals surface area contributed by atoms with E-state index in [9.17, 15) is 24.2 Å². The minimum Gasteiger partial charge on any atom is -0.504 e. The van der Waals surface area contributed by atoms with Crippen molar-refractivity contribution >= 4 is 11.8 Å². The Hall–Kier alpha value is -2.97. The number of carbonyl (C=O) groups excluding carboxylic acids is 2. The Labute approximate surface area is 207 Å². The molecule has 6 aliphatic rings. The number of carbonyl (C=O) groups is 2. The fourth-order valence-corrected chi connectivity index (χ4v) is 8.48. The highest BCUT2D eigenvalue weighted by Gasteiger charge is 2.85. The van der Waals surface area contributed by atoms with E-state index >= 15 is 0 Å². The molecule has 8 rings (SSSR count). The fourth-order valence-electron chi connectivity index (χ4n) is 8.48. The maximum atomic E-state index is 13.9. The summed E-state index contributed by atoms with van der Waals surface area (Å²) in [5.41, 5.74) is 0.0919. The summed E-state index contributed by atoms with van der Waals surface area (Å²) in [7, 11) is 0. The van der Waals surface area contributed by atoms with E-state index in [0.717, 1.165) is 30.3 Å². The van der Waals surface area contributed by atoms with Crippen LogP contribution in [-0.2, 0) is 5.41 Å². The van der Waals surface area contributed by atoms with Crippen LogP contribution in [0.3, 0.4) is 0 Å². The van der Waals surface area contributed by atoms with Crippen molar-refractivity contribution < 1.29 is 28.9 Å². The molecule has 36 heavy (non-hydrogen) atoms. The molecule has 2 aromatic carbocycles. The molecule has 7 nitrogen and oxygen atoms in total. The summed E-state index contributed by atoms with van der Waals surface area (Å²) in [5, 5.41) is 23.2. The third kappa shape index (κ3) is 2.19. The van der Waals surface area contributed by atoms with Gasteiger partial charge in [-0.15, -0.1) is 0 Å². The van der Waals surface area contributed by atoms with Crippen molar-refractivity contribution in [1.29, 1.82) is 0 Å². The first-order valence-corrected chi connectivity index (χ1v) is 12.9. The number of nitrogens with zero attached hydrogens (tertiary/aromatic N) is 2. The Morgan fingerprint density at radius 2 is 1.89 bits per heavy atom. The number of aromatic hydroxyl groups is 1. The van der Waals surface area contributed by atoms with Gasteiger partial charge in [0.1, 0.15) is 11.9 Å². The SMILES string of the molecule is Cc1ccc(O)c2c1[C@]13C4CN(CC5CC5)[C@H]4[C@]1(O)CC[C@H](N1C(=O)c4ccc(F)cc4C1=O)[C@@H]3O2. The number of hydrogen-bond acceptors (Lipinski definition) is 6. The van der Waals surface area contributed by atoms with E-state index in [-0.39, 0.29) is 28.8 Å². The molecule has 3 heterocycles. The number of piperidine rings is 1. The Morgan fingerprint density at radius 3 is 2.67 bits per heavy atom. The van der Waals surface area contributed by atoms with Crippen LogP contribution in [0.2, 0.25) is 0 Å². The predicted molar refractivity (Wildman–Crippen MR) is 125 cm³/mol. The smallest absolute Gasteiger partial charge is 0.262 e. The first-order chi connectivity index (χ1) is 17.3. The number of fused-ring (bicyclic) bond motifs is 4. The molecule has 1 saturated heterocycles. The van der Waals surface area contributed by atoms with Gasteiger partial charge in [-0.25, -0.2) is 4.39 Å². The molecule has 0 radical (unpaired) electrons. The predicted octanol–water partition coefficient (Wildman–Crippen LogP) is 2.75. The summed E-state index contributed by atoms with van der Waals surface area (Å²) in [6.45, 7) is 3.77. The Bertz CT molecular complexity index is 1390. The summed E-state index contributed by atoms with van der Waals surface area (Å²) in [6.07, 6.45) is 2.58. The monoisotopic (exact) mass is 490 g/mol. The van der Waals surface area contributed by atoms with Crippen LogP contribution in [0.5, 0.6) is 11.5 Å². The standard InChI is InChI=1S/C28H27FN2O5/c1-13-2-7-20(32)22-21(13)28-18-12-30(11-14-3-4-14)23(18)27(28,35)9-8-19(24(28)36-22)31-25(33)16-6-5-15(29)10-17(16)26(31)34/h2,5-7,10,14,18-19,23-24,32,35H,3-4,8-9,11-12H2,1H3/t18?,19-,23+,24-,27+,28-/m0/s1. The zero-order valence-corrected chi connectivity index (χ0v) is 19.9. The number of benzene rings is 2. The first kappa shape index (κ1) is 21.1. The molecule has 2 amide bonds. The number of ether oxygens (including phenoxy) is 1. The third-order valence-corrected chi connectivity index (χ3v) is 10.0. The number of imide groups is 1. The maximum Gasteiger partial charge on any atom is 0.262 e. The van der Waals surface area contributed by atoms with Crippen molar-refractivity contribution in [1.82, 2.24) is 9.80 Å². The highest BCUT2D eigenvalue weighted by atomic mass is 19.1. The molecule has 1 unspecified atom stereocenters. The van der Waals surface area contributed by atoms with Gasteiger partial charge >= 0.3 is 0 Å². The number of amides is 2. The second-order valence-electron chi connectivity index (χ2n) is 11.7. The highest BCUT2D eigenvalue weighted by molar-refractivity contribution is 6.21. The Balaban J connectivity index is 1.25. The average molecular weight is 491 g/mol. The molecular formula is C28H27FN2O5. The second-order valence-corrected chi connectivity index (χ2v) is 11.7. The van der Waals surface area contributed by atoms with Gasteiger partial charge in [0, 0.05) is 30.6 Å². The van der Waals surface area contributed by atoms with Crippen molar-refractivity contribution in [2.24, 2.45) is 11.8 Å². The van der Waals surface area contributed by atoms with Crippen molar-refractivity contribution in [3.8, 4) is 11.5 Å². The second kappa shape index (κ2) is 6.47. The van der Waals surface area contributed by atoms with E-state index in [1.54, 1.807) is 6.07 Å². The summed E-state index contributed by atoms with van der Waals surface area (Å²) < 4.78 is 20.4. The van der Waals surface area contributed by atoms with Crippen LogP contribution >= 0.6 is 0 Å². The third-order valence-electron chi connectivity index (χ3n) is 10.0. The summed E-state index contributed by atoms with van der Waals surface area (Å²) >= 11 is 0. The van der Waals surface area contributed by atoms with Gasteiger partial charge in [-0.1, -0.05) is 6.07 Å². The number of aryl methyl sites for hydroxylation is 1. The lowest BCUT2D eigenvalue weighted by Gasteiger charge is -2.78. The van der Waals surface area contributed by atoms with Crippen molar-refractivity contribution in [3.63, 3.8) is 0 Å². The molecule has 4 fully saturated rings. The zero-order chi connectivity index (χ0) is 24.7. The average Bonchev–Trinajstić information content (AvgIpc) is 3.52. The van der Waals surface area contributed by atoms with Crippen molar-refractivity contribution in [2.45, 2.75) is 61.8 Å². The Kier molecular flexibility index (Phi) is 3.80. The minimum absolute atomic E-state index is 0.00233. The van der Waals surface area contributed by atoms with E-state index in [0.29, 0.717) is 24.5 Å². The quantitative estimate of drug-likeness (QED) is 0.644. The van der Waals surface area contributed by atoms with Gasteiger partial charge in [0.05, 0.1) is 28.2 Å². The van der Waals surface area contributed by atoms with Crippen LogP contribution in [0.1, 0.15) is 57.5 Å². The van der Waals surface area contributed by atoms with Gasteiger partial charge in [-0.2, -0.15) is 0 Å². The van der Waals surface area contributed by atoms with Crippen LogP contribution < -0.4 is 4.74 Å². The number of rotatable bonds is 3. The molecule has 3 aliphatic carbocycles. The number of hydrogen-bond donors (Lipinski definition) is 2. The number of halogens is 1. The number of likely N-dealkylation sites (tertiary alicyclic amines) is 1. The van der Waals surface area contributed by atoms with Gasteiger partial charge in [-0.3, -0.25) is 19.4 Å². The molecular weight excluding hydrogens is 463 g/mol. The lowest BCUT2D eigenvalue weighted by molar-refractivity contribution is -0.320. The van der Waals surface area contributed by atoms with Gasteiger partial charge in [0.15, 0.2) is 11.5 Å². The van der Waals surface area contributed by atoms with Crippen LogP contribution in [0, 0.1) is 24.6 Å². The molecule has 0 bridgehead atoms. The molecule has 2 aromatic rings. The van der Waals surface area contributed by atoms with Gasteiger partial charge < -0.3 is 14.9 Å². The van der Waals surface area contributed by atoms with Crippen LogP contribution in [0.4, 0.5) is 4.39 Å². The van der Waals surface area contributed by atoms with E-state index in [1.165, 1.54) is 29.9 Å². The molecule has 186 valence electrons. The van der Waals surface area contributed by atoms with Crippen molar-refractivity contribution in [3.05, 3.63) is 58.4 Å². The van der Waals surface area contributed by atoms with Crippen LogP contribution in [-0.4, -0.2) is 68.7 Å². The minimum atomic E-state index is -1.08. The molecule has 3 saturated carbocycles. The van der Waals surface area contributed by atoms with Gasteiger partial charge in [0.2, 0.25) is 0 Å². The Morgan fingerprint density at radius 1 is 1.11 bits per heavy atom. The normalized spacial score (nSPS) is 37.8. The lowest BCUT2D eigenvalue weighted by Crippen LogP contribution is -2.92. The fraction of sp³-hybridized carbons (Fsp3) is 0.500. The van der Waals surface area contributed by atoms with E-state index in [1.807, 2.05) is 13.0 Å². The summed E-state index contributed by atoms with van der Waals surface area (Å²) in [6, 6.07) is 6.48. The molecule has 0 aromatic heterocycles. The molecule has 1 spiro atoms. The zero-order valence-electron chi connectivity index (χ0n) is 19.9. The molecule has 2 N–H and O–H groups in total. The number of aliphatic hydroxyl groups is 1. The summed E-state index contributed by atoms with van der Waals surface area (Å²) in [4.78, 5) is 30.5. The number of phenols is 1. The largest absolute Gasteiger partial charge is 0.504 e. The van der Waals surface area contributed by atoms with Crippen LogP contribution in [0.25, 0.3) is 0 Å². The highest BCUT2D eigenvalue weighted by Crippen LogP contribution is 2.73. The van der Waals surface area contributed by atoms with Gasteiger partial charge in [-0.05, 0) is 68.4 Å². The first-order valence-electron chi connectivity index (χ1n) is 12.9. The van der Waals surface area contributed by atoms with E-state index in [4.69, 9.17) is 4.74 Å². The van der Waals surface area contributed by atoms with E-state index < -0.39 is 40.8 Å². The molecule has 6 atom stereocenters. The van der Waals surface area contributed by atoms with E-state index in [2.05, 4.69) is 4.90 Å². The van der Waals surface area contributed by atoms with Crippen molar-refractivity contribution in [2.75, 3.05) is 13.1 Å². The van der Waals surface area contributed by atoms with Gasteiger partial charge in [0.25, 0.3) is 11.8 Å². The summed E-state index contributed by atoms with van der Waals surface area (Å²) in [5.74, 6) is -0.391. The molecule has 3 aliphatic heterocycles. The number of phenolic OH excluding ortho intramolecular Hbond substituents is 1. The maximum absolute atomic E-state index is 13.9. The van der Waals surface area contributed by atoms with Crippen LogP contribution in [0.15, 0.2) is 30.3 Å². The topological polar surface area (TPSA) is 90.3 Å².